The molecule has 14 heteroatoms. The first-order chi connectivity index (χ1) is 20.5. The minimum absolute atomic E-state index is 0.0744. The van der Waals surface area contributed by atoms with Gasteiger partial charge in [0.1, 0.15) is 11.5 Å². The number of nitrogen functional groups attached to an aromatic ring is 2. The Morgan fingerprint density at radius 3 is 1.66 bits per heavy atom. The van der Waals surface area contributed by atoms with Crippen LogP contribution in [0.2, 0.25) is 0 Å². The summed E-state index contributed by atoms with van der Waals surface area (Å²) in [5, 5.41) is 25.0. The van der Waals surface area contributed by atoms with Crippen molar-refractivity contribution in [1.82, 2.24) is 0 Å². The van der Waals surface area contributed by atoms with E-state index < -0.39 is 70.0 Å². The van der Waals surface area contributed by atoms with Gasteiger partial charge in [-0.3, -0.25) is 9.59 Å². The molecule has 0 saturated carbocycles. The van der Waals surface area contributed by atoms with Crippen molar-refractivity contribution in [2.45, 2.75) is 17.8 Å². The molecule has 0 spiro atoms. The van der Waals surface area contributed by atoms with Crippen molar-refractivity contribution in [3.8, 4) is 11.5 Å². The number of phenols is 2. The summed E-state index contributed by atoms with van der Waals surface area (Å²) in [6, 6.07) is 13.9. The highest BCUT2D eigenvalue weighted by molar-refractivity contribution is 6.05. The Morgan fingerprint density at radius 2 is 1.14 bits per heavy atom. The molecule has 8 N–H and O–H groups in total. The fourth-order valence-electron chi connectivity index (χ4n) is 4.63. The summed E-state index contributed by atoms with van der Waals surface area (Å²) in [6.07, 6.45) is -12.1. The molecule has 0 aromatic heterocycles. The molecule has 4 rings (SSSR count). The highest BCUT2D eigenvalue weighted by Gasteiger charge is 2.72. The van der Waals surface area contributed by atoms with E-state index >= 15 is 0 Å². The van der Waals surface area contributed by atoms with Gasteiger partial charge in [-0.25, -0.2) is 0 Å². The fraction of sp³-hybridized carbons (Fsp3) is 0.133. The zero-order chi connectivity index (χ0) is 32.4. The molecule has 0 saturated heterocycles. The molecule has 0 radical (unpaired) electrons. The first-order valence-electron chi connectivity index (χ1n) is 12.6. The number of alkyl halides is 6. The van der Waals surface area contributed by atoms with Crippen LogP contribution in [0.15, 0.2) is 84.9 Å². The zero-order valence-corrected chi connectivity index (χ0v) is 22.4. The van der Waals surface area contributed by atoms with Crippen molar-refractivity contribution in [2.24, 2.45) is 0 Å². The van der Waals surface area contributed by atoms with Crippen LogP contribution in [-0.2, 0) is 5.41 Å². The number of nitrogens with one attached hydrogen (secondary N) is 2. The maximum atomic E-state index is 14.8. The predicted octanol–water partition coefficient (Wildman–Crippen LogP) is 6.22. The molecular weight excluding hydrogens is 594 g/mol. The summed E-state index contributed by atoms with van der Waals surface area (Å²) in [5.74, 6) is -3.11. The Hall–Kier alpha value is -5.40. The lowest BCUT2D eigenvalue weighted by atomic mass is 9.72. The normalized spacial score (nSPS) is 12.0. The molecule has 4 aromatic rings. The number of Topliss-reactive ketones (excluding diaryl/α,β-unsaturated/α-hetero) is 1. The Balaban J connectivity index is 1.80. The molecule has 0 heterocycles. The lowest BCUT2D eigenvalue weighted by molar-refractivity contribution is -0.288. The minimum Gasteiger partial charge on any atom is -0.506 e. The summed E-state index contributed by atoms with van der Waals surface area (Å²) >= 11 is 0. The first-order valence-corrected chi connectivity index (χ1v) is 12.6. The molecule has 0 aliphatic rings. The van der Waals surface area contributed by atoms with E-state index in [-0.39, 0.29) is 22.5 Å². The lowest BCUT2D eigenvalue weighted by Crippen LogP contribution is -2.54. The number of phenolic OH excluding ortho intramolecular Hbond substituents is 2. The van der Waals surface area contributed by atoms with Crippen LogP contribution in [0.5, 0.6) is 11.5 Å². The zero-order valence-electron chi connectivity index (χ0n) is 22.4. The molecule has 230 valence electrons. The smallest absolute Gasteiger partial charge is 0.411 e. The number of hydrogen-bond donors (Lipinski definition) is 6. The van der Waals surface area contributed by atoms with Gasteiger partial charge in [0.25, 0.3) is 5.91 Å². The number of carbonyl (C=O) groups is 2. The van der Waals surface area contributed by atoms with Crippen LogP contribution < -0.4 is 22.1 Å². The van der Waals surface area contributed by atoms with Crippen LogP contribution >= 0.6 is 0 Å². The van der Waals surface area contributed by atoms with E-state index in [1.54, 1.807) is 0 Å². The van der Waals surface area contributed by atoms with Crippen molar-refractivity contribution < 1.29 is 46.1 Å². The van der Waals surface area contributed by atoms with Gasteiger partial charge in [0, 0.05) is 22.5 Å². The molecule has 0 aliphatic heterocycles. The van der Waals surface area contributed by atoms with Gasteiger partial charge < -0.3 is 32.3 Å². The Bertz CT molecular complexity index is 1710. The third-order valence-corrected chi connectivity index (χ3v) is 6.75. The number of aromatic hydroxyl groups is 2. The maximum Gasteiger partial charge on any atom is 0.411 e. The molecule has 0 aliphatic carbocycles. The molecule has 0 atom stereocenters. The number of anilines is 4. The predicted molar refractivity (Wildman–Crippen MR) is 152 cm³/mol. The Labute approximate surface area is 245 Å². The number of hydrogen-bond acceptors (Lipinski definition) is 7. The molecule has 1 amide bonds. The quantitative estimate of drug-likeness (QED) is 0.0594. The van der Waals surface area contributed by atoms with Crippen LogP contribution in [0.25, 0.3) is 0 Å². The largest absolute Gasteiger partial charge is 0.506 e. The Kier molecular flexibility index (Phi) is 8.39. The fourth-order valence-corrected chi connectivity index (χ4v) is 4.63. The minimum atomic E-state index is -6.04. The molecular formula is C30H24F6N4O4. The summed E-state index contributed by atoms with van der Waals surface area (Å²) in [4.78, 5) is 25.2. The Morgan fingerprint density at radius 1 is 0.659 bits per heavy atom. The maximum absolute atomic E-state index is 14.8. The average Bonchev–Trinajstić information content (AvgIpc) is 2.93. The SMILES string of the molecule is Nc1cccc(C(=O)CNc2cc(C(c3ccc(O)c(NC(=O)c4cccc(N)c4)c3)(C(F)(F)F)C(F)(F)F)ccc2O)c1. The molecule has 4 aromatic carbocycles. The summed E-state index contributed by atoms with van der Waals surface area (Å²) < 4.78 is 88.9. The van der Waals surface area contributed by atoms with Crippen molar-refractivity contribution in [2.75, 3.05) is 28.6 Å². The third-order valence-electron chi connectivity index (χ3n) is 6.75. The van der Waals surface area contributed by atoms with Gasteiger partial charge >= 0.3 is 12.4 Å². The highest BCUT2D eigenvalue weighted by atomic mass is 19.4. The lowest BCUT2D eigenvalue weighted by Gasteiger charge is -2.38. The number of amides is 1. The van der Waals surface area contributed by atoms with Crippen molar-refractivity contribution in [3.05, 3.63) is 107 Å². The summed E-state index contributed by atoms with van der Waals surface area (Å²) in [6.45, 7) is -0.606. The van der Waals surface area contributed by atoms with Crippen LogP contribution in [0.1, 0.15) is 31.8 Å². The van der Waals surface area contributed by atoms with Crippen molar-refractivity contribution in [1.29, 1.82) is 0 Å². The van der Waals surface area contributed by atoms with Gasteiger partial charge in [0.2, 0.25) is 5.41 Å². The molecule has 0 unspecified atom stereocenters. The second kappa shape index (κ2) is 11.7. The standard InChI is InChI=1S/C30H24F6N4O4/c31-29(32,33)28(30(34,35)36,19-8-10-25(42)23(14-19)40-27(44)17-4-2-6-21(38)12-17)18-7-9-24(41)22(13-18)39-15-26(43)16-3-1-5-20(37)11-16/h1-14,39,41-42H,15,37-38H2,(H,40,44). The van der Waals surface area contributed by atoms with Gasteiger partial charge in [-0.05, 0) is 65.7 Å². The van der Waals surface area contributed by atoms with Crippen LogP contribution in [0.4, 0.5) is 49.1 Å². The number of nitrogens with two attached hydrogens (primary N) is 2. The summed E-state index contributed by atoms with van der Waals surface area (Å²) in [7, 11) is 0. The number of benzene rings is 4. The van der Waals surface area contributed by atoms with Gasteiger partial charge in [-0.15, -0.1) is 0 Å². The number of rotatable bonds is 8. The highest BCUT2D eigenvalue weighted by Crippen LogP contribution is 2.57. The first kappa shape index (κ1) is 31.5. The van der Waals surface area contributed by atoms with Crippen LogP contribution in [0, 0.1) is 0 Å². The van der Waals surface area contributed by atoms with Gasteiger partial charge in [0.15, 0.2) is 5.78 Å². The number of ketones is 1. The monoisotopic (exact) mass is 618 g/mol. The molecule has 44 heavy (non-hydrogen) atoms. The third kappa shape index (κ3) is 6.04. The van der Waals surface area contributed by atoms with Crippen molar-refractivity contribution >= 4 is 34.4 Å². The van der Waals surface area contributed by atoms with E-state index in [0.717, 1.165) is 0 Å². The van der Waals surface area contributed by atoms with Gasteiger partial charge in [0.05, 0.1) is 17.9 Å². The van der Waals surface area contributed by atoms with E-state index in [4.69, 9.17) is 11.5 Å². The summed E-state index contributed by atoms with van der Waals surface area (Å²) in [5.41, 5.74) is 2.92. The number of carbonyl (C=O) groups excluding carboxylic acids is 2. The van der Waals surface area contributed by atoms with Crippen LogP contribution in [-0.4, -0.2) is 40.8 Å². The topological polar surface area (TPSA) is 151 Å². The second-order valence-electron chi connectivity index (χ2n) is 9.69. The number of halogens is 6. The molecule has 8 nitrogen and oxygen atoms in total. The van der Waals surface area contributed by atoms with Crippen molar-refractivity contribution in [3.63, 3.8) is 0 Å². The van der Waals surface area contributed by atoms with Gasteiger partial charge in [-0.1, -0.05) is 30.3 Å². The molecule has 0 bridgehead atoms. The van der Waals surface area contributed by atoms with E-state index in [1.165, 1.54) is 48.5 Å². The molecule has 0 fully saturated rings. The second-order valence-corrected chi connectivity index (χ2v) is 9.69. The van der Waals surface area contributed by atoms with E-state index in [2.05, 4.69) is 10.6 Å². The van der Waals surface area contributed by atoms with E-state index in [1.807, 2.05) is 0 Å². The van der Waals surface area contributed by atoms with E-state index in [9.17, 15) is 46.1 Å². The van der Waals surface area contributed by atoms with E-state index in [0.29, 0.717) is 36.4 Å². The van der Waals surface area contributed by atoms with Gasteiger partial charge in [-0.2, -0.15) is 26.3 Å². The van der Waals surface area contributed by atoms with Crippen LogP contribution in [0.3, 0.4) is 0 Å². The average molecular weight is 619 g/mol.